The predicted octanol–water partition coefficient (Wildman–Crippen LogP) is 0.386. The Morgan fingerprint density at radius 2 is 1.91 bits per heavy atom. The van der Waals surface area contributed by atoms with Gasteiger partial charge in [-0.15, -0.1) is 0 Å². The van der Waals surface area contributed by atoms with Gasteiger partial charge in [-0.1, -0.05) is 11.6 Å². The molecule has 0 fully saturated rings. The van der Waals surface area contributed by atoms with Gasteiger partial charge in [0.05, 0.1) is 6.33 Å². The van der Waals surface area contributed by atoms with Gasteiger partial charge >= 0.3 is 12.1 Å². The smallest absolute Gasteiger partial charge is 0.413 e. The minimum absolute atomic E-state index is 0.0297. The second kappa shape index (κ2) is 12.2. The maximum absolute atomic E-state index is 12.8. The number of carbonyl (C=O) groups excluding carboxylic acids is 2. The monoisotopic (exact) mass is 465 g/mol. The van der Waals surface area contributed by atoms with Crippen molar-refractivity contribution in [3.8, 4) is 5.75 Å². The van der Waals surface area contributed by atoms with E-state index in [4.69, 9.17) is 27.8 Å². The Bertz CT molecular complexity index is 930. The molecule has 1 aromatic carbocycles. The Morgan fingerprint density at radius 3 is 2.50 bits per heavy atom. The van der Waals surface area contributed by atoms with Gasteiger partial charge in [0.25, 0.3) is 0 Å². The van der Waals surface area contributed by atoms with Crippen molar-refractivity contribution in [3.63, 3.8) is 0 Å². The van der Waals surface area contributed by atoms with Crippen LogP contribution in [0.1, 0.15) is 18.5 Å². The van der Waals surface area contributed by atoms with E-state index in [1.54, 1.807) is 12.1 Å². The van der Waals surface area contributed by atoms with Gasteiger partial charge in [0.1, 0.15) is 17.8 Å². The van der Waals surface area contributed by atoms with E-state index in [1.807, 2.05) is 0 Å². The fourth-order valence-corrected chi connectivity index (χ4v) is 2.77. The highest BCUT2D eigenvalue weighted by Gasteiger charge is 2.27. The quantitative estimate of drug-likeness (QED) is 0.155. The van der Waals surface area contributed by atoms with Crippen LogP contribution in [0, 0.1) is 0 Å². The predicted molar refractivity (Wildman–Crippen MR) is 116 cm³/mol. The van der Waals surface area contributed by atoms with E-state index in [9.17, 15) is 19.5 Å². The van der Waals surface area contributed by atoms with Gasteiger partial charge in [0.2, 0.25) is 5.91 Å². The molecule has 32 heavy (non-hydrogen) atoms. The van der Waals surface area contributed by atoms with Crippen LogP contribution < -0.4 is 26.8 Å². The summed E-state index contributed by atoms with van der Waals surface area (Å²) in [6, 6.07) is 3.73. The number of imidazole rings is 1. The molecule has 0 aliphatic heterocycles. The third-order valence-corrected chi connectivity index (χ3v) is 4.42. The summed E-state index contributed by atoms with van der Waals surface area (Å²) in [5.74, 6) is -1.83. The van der Waals surface area contributed by atoms with Crippen LogP contribution in [-0.4, -0.2) is 57.6 Å². The fourth-order valence-electron chi connectivity index (χ4n) is 2.64. The van der Waals surface area contributed by atoms with Crippen LogP contribution in [0.4, 0.5) is 4.79 Å². The maximum atomic E-state index is 12.8. The number of benzene rings is 1. The number of hydrogen-bond acceptors (Lipinski definition) is 6. The highest BCUT2D eigenvalue weighted by Crippen LogP contribution is 2.15. The first-order valence-corrected chi connectivity index (χ1v) is 9.92. The molecule has 2 aromatic rings. The molecule has 12 nitrogen and oxygen atoms in total. The molecule has 2 atom stereocenters. The summed E-state index contributed by atoms with van der Waals surface area (Å²) in [7, 11) is 0. The van der Waals surface area contributed by atoms with Crippen molar-refractivity contribution in [1.29, 1.82) is 0 Å². The van der Waals surface area contributed by atoms with Crippen molar-refractivity contribution in [2.75, 3.05) is 6.54 Å². The van der Waals surface area contributed by atoms with E-state index >= 15 is 0 Å². The number of amides is 2. The number of halogens is 1. The fraction of sp³-hybridized carbons (Fsp3) is 0.316. The van der Waals surface area contributed by atoms with Gasteiger partial charge in [0, 0.05) is 29.9 Å². The number of aromatic nitrogens is 2. The number of H-pyrrole nitrogens is 1. The molecule has 0 saturated heterocycles. The zero-order chi connectivity index (χ0) is 23.5. The van der Waals surface area contributed by atoms with Crippen molar-refractivity contribution in [3.05, 3.63) is 47.5 Å². The lowest BCUT2D eigenvalue weighted by molar-refractivity contribution is -0.142. The second-order valence-electron chi connectivity index (χ2n) is 6.67. The highest BCUT2D eigenvalue weighted by atomic mass is 35.5. The first kappa shape index (κ1) is 24.5. The van der Waals surface area contributed by atoms with E-state index in [1.165, 1.54) is 24.7 Å². The van der Waals surface area contributed by atoms with Gasteiger partial charge in [-0.25, -0.2) is 14.6 Å². The van der Waals surface area contributed by atoms with Crippen molar-refractivity contribution in [1.82, 2.24) is 20.6 Å². The van der Waals surface area contributed by atoms with Crippen LogP contribution in [0.15, 0.2) is 41.8 Å². The topological polar surface area (TPSA) is 198 Å². The molecule has 0 radical (unpaired) electrons. The molecule has 1 aromatic heterocycles. The Hall–Kier alpha value is -3.80. The summed E-state index contributed by atoms with van der Waals surface area (Å²) >= 11 is 5.80. The van der Waals surface area contributed by atoms with Crippen LogP contribution in [-0.2, 0) is 16.0 Å². The number of nitrogens with zero attached hydrogens (tertiary/aromatic N) is 2. The van der Waals surface area contributed by atoms with E-state index < -0.39 is 30.1 Å². The lowest BCUT2D eigenvalue weighted by Gasteiger charge is -2.21. The normalized spacial score (nSPS) is 12.3. The number of aliphatic imine (C=N–C) groups is 1. The lowest BCUT2D eigenvalue weighted by atomic mass is 10.1. The van der Waals surface area contributed by atoms with Crippen LogP contribution >= 0.6 is 11.6 Å². The maximum Gasteiger partial charge on any atom is 0.413 e. The molecular weight excluding hydrogens is 442 g/mol. The number of nitrogens with two attached hydrogens (primary N) is 2. The Balaban J connectivity index is 2.03. The van der Waals surface area contributed by atoms with Gasteiger partial charge in [-0.05, 0) is 37.1 Å². The first-order valence-electron chi connectivity index (χ1n) is 9.54. The SMILES string of the molecule is NC(N)=NCCC[C@H](NC(=O)[C@H](Cc1cnc[nH]1)NC(=O)Oc1ccc(Cl)cc1)C(=O)O. The molecule has 0 spiro atoms. The molecule has 172 valence electrons. The third-order valence-electron chi connectivity index (χ3n) is 4.17. The molecule has 0 aliphatic rings. The van der Waals surface area contributed by atoms with Gasteiger partial charge in [0.15, 0.2) is 5.96 Å². The van der Waals surface area contributed by atoms with Crippen LogP contribution in [0.5, 0.6) is 5.75 Å². The number of ether oxygens (including phenoxy) is 1. The zero-order valence-electron chi connectivity index (χ0n) is 17.0. The Kier molecular flexibility index (Phi) is 9.29. The number of aromatic amines is 1. The van der Waals surface area contributed by atoms with Gasteiger partial charge in [-0.3, -0.25) is 9.79 Å². The van der Waals surface area contributed by atoms with Crippen LogP contribution in [0.2, 0.25) is 5.02 Å². The number of carboxylic acid groups (broad SMARTS) is 1. The molecule has 2 rings (SSSR count). The number of guanidine groups is 1. The minimum atomic E-state index is -1.23. The van der Waals surface area contributed by atoms with Crippen LogP contribution in [0.3, 0.4) is 0 Å². The number of carboxylic acids is 1. The molecule has 13 heteroatoms. The summed E-state index contributed by atoms with van der Waals surface area (Å²) in [6.07, 6.45) is 2.45. The average molecular weight is 466 g/mol. The lowest BCUT2D eigenvalue weighted by Crippen LogP contribution is -2.53. The van der Waals surface area contributed by atoms with Crippen molar-refractivity contribution >= 4 is 35.5 Å². The highest BCUT2D eigenvalue weighted by molar-refractivity contribution is 6.30. The number of carbonyl (C=O) groups is 3. The van der Waals surface area contributed by atoms with Gasteiger partial charge in [-0.2, -0.15) is 0 Å². The van der Waals surface area contributed by atoms with Crippen molar-refractivity contribution < 1.29 is 24.2 Å². The van der Waals surface area contributed by atoms with Gasteiger partial charge < -0.3 is 36.9 Å². The molecule has 1 heterocycles. The van der Waals surface area contributed by atoms with Crippen molar-refractivity contribution in [2.45, 2.75) is 31.3 Å². The molecule has 2 amide bonds. The van der Waals surface area contributed by atoms with Crippen molar-refractivity contribution in [2.24, 2.45) is 16.5 Å². The van der Waals surface area contributed by atoms with E-state index in [-0.39, 0.29) is 31.1 Å². The Labute approximate surface area is 188 Å². The summed E-state index contributed by atoms with van der Waals surface area (Å²) in [5, 5.41) is 14.8. The van der Waals surface area contributed by atoms with Crippen LogP contribution in [0.25, 0.3) is 0 Å². The number of rotatable bonds is 11. The zero-order valence-corrected chi connectivity index (χ0v) is 17.7. The molecule has 8 N–H and O–H groups in total. The molecule has 0 unspecified atom stereocenters. The Morgan fingerprint density at radius 1 is 1.19 bits per heavy atom. The first-order chi connectivity index (χ1) is 15.2. The molecule has 0 saturated carbocycles. The summed E-state index contributed by atoms with van der Waals surface area (Å²) < 4.78 is 5.15. The van der Waals surface area contributed by atoms with E-state index in [0.29, 0.717) is 17.1 Å². The molecule has 0 bridgehead atoms. The average Bonchev–Trinajstić information content (AvgIpc) is 3.24. The molecular formula is C19H24ClN7O5. The summed E-state index contributed by atoms with van der Waals surface area (Å²) in [5.41, 5.74) is 11.0. The second-order valence-corrected chi connectivity index (χ2v) is 7.11. The number of hydrogen-bond donors (Lipinski definition) is 6. The van der Waals surface area contributed by atoms with E-state index in [2.05, 4.69) is 25.6 Å². The number of aliphatic carboxylic acids is 1. The third kappa shape index (κ3) is 8.52. The summed E-state index contributed by atoms with van der Waals surface area (Å²) in [6.45, 7) is 0.214. The number of nitrogens with one attached hydrogen (secondary N) is 3. The molecule has 0 aliphatic carbocycles. The summed E-state index contributed by atoms with van der Waals surface area (Å²) in [4.78, 5) is 47.1. The largest absolute Gasteiger partial charge is 0.480 e. The standard InChI is InChI=1S/C19H24ClN7O5/c20-11-3-5-13(6-4-11)32-19(31)27-15(8-12-9-23-10-25-12)16(28)26-14(17(29)30)2-1-7-24-18(21)22/h3-6,9-10,14-15H,1-2,7-8H2,(H,23,25)(H,26,28)(H,27,31)(H,29,30)(H4,21,22,24)/t14-,15-/m0/s1. The minimum Gasteiger partial charge on any atom is -0.480 e. The van der Waals surface area contributed by atoms with E-state index in [0.717, 1.165) is 0 Å².